The second kappa shape index (κ2) is 11.6. The lowest BCUT2D eigenvalue weighted by Gasteiger charge is -2.09. The van der Waals surface area contributed by atoms with E-state index in [4.69, 9.17) is 16.3 Å². The molecule has 0 spiro atoms. The van der Waals surface area contributed by atoms with E-state index in [-0.39, 0.29) is 24.6 Å². The normalized spacial score (nSPS) is 10.6. The Hall–Kier alpha value is -3.50. The van der Waals surface area contributed by atoms with Crippen LogP contribution in [-0.4, -0.2) is 38.1 Å². The van der Waals surface area contributed by atoms with Crippen molar-refractivity contribution < 1.29 is 18.3 Å². The molecule has 2 heterocycles. The Bertz CT molecular complexity index is 1290. The van der Waals surface area contributed by atoms with Crippen molar-refractivity contribution in [3.63, 3.8) is 0 Å². The molecular formula is C22H20Cl2F2N6O2. The fraction of sp³-hybridized carbons (Fsp3) is 0.182. The molecule has 2 N–H and O–H groups in total. The highest BCUT2D eigenvalue weighted by Gasteiger charge is 2.12. The highest BCUT2D eigenvalue weighted by atomic mass is 35.5. The number of rotatable bonds is 9. The molecule has 2 aromatic carbocycles. The number of nitrogens with zero attached hydrogens (tertiary/aromatic N) is 4. The summed E-state index contributed by atoms with van der Waals surface area (Å²) >= 11 is 5.67. The minimum absolute atomic E-state index is 0. The summed E-state index contributed by atoms with van der Waals surface area (Å²) in [7, 11) is 0. The van der Waals surface area contributed by atoms with Gasteiger partial charge in [0, 0.05) is 23.5 Å². The van der Waals surface area contributed by atoms with Crippen LogP contribution in [0.15, 0.2) is 55.1 Å². The number of aromatic nitrogens is 4. The molecule has 0 unspecified atom stereocenters. The van der Waals surface area contributed by atoms with Gasteiger partial charge in [-0.15, -0.1) is 24.0 Å². The molecule has 4 aromatic rings. The second-order valence-corrected chi connectivity index (χ2v) is 7.37. The zero-order valence-electron chi connectivity index (χ0n) is 17.7. The number of hydrogen-bond donors (Lipinski definition) is 2. The lowest BCUT2D eigenvalue weighted by molar-refractivity contribution is -0.116. The molecule has 2 aromatic heterocycles. The molecule has 4 rings (SSSR count). The average molecular weight is 509 g/mol. The number of anilines is 3. The number of fused-ring (bicyclic) bond motifs is 1. The molecule has 0 aliphatic heterocycles. The van der Waals surface area contributed by atoms with Crippen LogP contribution < -0.4 is 15.4 Å². The number of benzene rings is 2. The maximum absolute atomic E-state index is 13.7. The molecule has 0 atom stereocenters. The smallest absolute Gasteiger partial charge is 0.246 e. The third-order valence-electron chi connectivity index (χ3n) is 4.58. The van der Waals surface area contributed by atoms with Crippen LogP contribution in [0.5, 0.6) is 5.75 Å². The number of amides is 1. The number of nitrogens with one attached hydrogen (secondary N) is 2. The van der Waals surface area contributed by atoms with Gasteiger partial charge in [-0.1, -0.05) is 6.07 Å². The fourth-order valence-electron chi connectivity index (χ4n) is 3.06. The first-order valence-electron chi connectivity index (χ1n) is 10.0. The van der Waals surface area contributed by atoms with E-state index in [0.717, 1.165) is 17.9 Å². The van der Waals surface area contributed by atoms with Crippen molar-refractivity contribution in [2.45, 2.75) is 13.0 Å². The van der Waals surface area contributed by atoms with Gasteiger partial charge in [0.25, 0.3) is 0 Å². The van der Waals surface area contributed by atoms with Crippen LogP contribution >= 0.6 is 24.0 Å². The largest absolute Gasteiger partial charge is 0.493 e. The Balaban J connectivity index is 0.00000324. The monoisotopic (exact) mass is 508 g/mol. The molecule has 34 heavy (non-hydrogen) atoms. The quantitative estimate of drug-likeness (QED) is 0.246. The van der Waals surface area contributed by atoms with Crippen molar-refractivity contribution in [2.75, 3.05) is 23.1 Å². The fourth-order valence-corrected chi connectivity index (χ4v) is 3.17. The van der Waals surface area contributed by atoms with E-state index in [1.807, 2.05) is 18.2 Å². The third-order valence-corrected chi connectivity index (χ3v) is 4.85. The van der Waals surface area contributed by atoms with Gasteiger partial charge in [0.1, 0.15) is 24.4 Å². The molecule has 0 bridgehead atoms. The lowest BCUT2D eigenvalue weighted by Crippen LogP contribution is -2.19. The lowest BCUT2D eigenvalue weighted by atomic mass is 10.2. The minimum Gasteiger partial charge on any atom is -0.493 e. The summed E-state index contributed by atoms with van der Waals surface area (Å²) < 4.78 is 34.0. The summed E-state index contributed by atoms with van der Waals surface area (Å²) in [5, 5.41) is 10.4. The van der Waals surface area contributed by atoms with Crippen LogP contribution in [0, 0.1) is 11.6 Å². The molecule has 178 valence electrons. The van der Waals surface area contributed by atoms with Crippen molar-refractivity contribution in [2.24, 2.45) is 0 Å². The summed E-state index contributed by atoms with van der Waals surface area (Å²) in [5.41, 5.74) is 1.05. The van der Waals surface area contributed by atoms with Crippen LogP contribution in [-0.2, 0) is 11.3 Å². The Morgan fingerprint density at radius 1 is 1.18 bits per heavy atom. The van der Waals surface area contributed by atoms with E-state index in [9.17, 15) is 13.6 Å². The van der Waals surface area contributed by atoms with E-state index < -0.39 is 17.5 Å². The van der Waals surface area contributed by atoms with Crippen molar-refractivity contribution >= 4 is 58.0 Å². The van der Waals surface area contributed by atoms with Gasteiger partial charge in [-0.3, -0.25) is 9.48 Å². The summed E-state index contributed by atoms with van der Waals surface area (Å²) in [5.74, 6) is -0.936. The molecule has 0 saturated carbocycles. The second-order valence-electron chi connectivity index (χ2n) is 6.99. The molecule has 0 aliphatic carbocycles. The number of ether oxygens (including phenoxy) is 1. The third kappa shape index (κ3) is 6.09. The molecule has 8 nitrogen and oxygen atoms in total. The summed E-state index contributed by atoms with van der Waals surface area (Å²) in [4.78, 5) is 20.8. The standard InChI is InChI=1S/C22H19ClF2N6O2.ClH/c23-7-2-8-33-15-5-6-16-19(9-15)26-13-27-22(16)29-14-10-28-31(11-14)12-20(32)30-18-4-1-3-17(24)21(18)25;/h1,3-6,9-11,13H,2,7-8,12H2,(H,30,32)(H,26,27,29);1H. The van der Waals surface area contributed by atoms with Crippen molar-refractivity contribution in [3.8, 4) is 5.75 Å². The van der Waals surface area contributed by atoms with Crippen LogP contribution in [0.4, 0.5) is 26.0 Å². The van der Waals surface area contributed by atoms with Crippen LogP contribution in [0.1, 0.15) is 6.42 Å². The van der Waals surface area contributed by atoms with Gasteiger partial charge in [-0.05, 0) is 30.7 Å². The number of carbonyl (C=O) groups excluding carboxylic acids is 1. The van der Waals surface area contributed by atoms with E-state index in [1.165, 1.54) is 29.3 Å². The zero-order valence-corrected chi connectivity index (χ0v) is 19.2. The molecule has 0 aliphatic rings. The summed E-state index contributed by atoms with van der Waals surface area (Å²) in [6, 6.07) is 9.05. The Morgan fingerprint density at radius 3 is 2.85 bits per heavy atom. The first-order valence-corrected chi connectivity index (χ1v) is 10.5. The SMILES string of the molecule is Cl.O=C(Cn1cc(Nc2ncnc3cc(OCCCCl)ccc23)cn1)Nc1cccc(F)c1F. The zero-order chi connectivity index (χ0) is 23.2. The Labute approximate surface area is 204 Å². The first kappa shape index (κ1) is 25.1. The van der Waals surface area contributed by atoms with E-state index in [1.54, 1.807) is 6.20 Å². The highest BCUT2D eigenvalue weighted by Crippen LogP contribution is 2.26. The molecular weight excluding hydrogens is 489 g/mol. The van der Waals surface area contributed by atoms with Gasteiger partial charge in [-0.2, -0.15) is 5.10 Å². The molecule has 0 saturated heterocycles. The minimum atomic E-state index is -1.11. The Kier molecular flexibility index (Phi) is 8.55. The number of halogens is 4. The number of hydrogen-bond acceptors (Lipinski definition) is 6. The van der Waals surface area contributed by atoms with Gasteiger partial charge in [0.2, 0.25) is 5.91 Å². The summed E-state index contributed by atoms with van der Waals surface area (Å²) in [6.45, 7) is 0.328. The van der Waals surface area contributed by atoms with Crippen LogP contribution in [0.2, 0.25) is 0 Å². The van der Waals surface area contributed by atoms with Gasteiger partial charge in [0.05, 0.1) is 29.7 Å². The highest BCUT2D eigenvalue weighted by molar-refractivity contribution is 6.17. The average Bonchev–Trinajstić information content (AvgIpc) is 3.23. The predicted octanol–water partition coefficient (Wildman–Crippen LogP) is 4.92. The maximum atomic E-state index is 13.7. The van der Waals surface area contributed by atoms with E-state index in [2.05, 4.69) is 25.7 Å². The predicted molar refractivity (Wildman–Crippen MR) is 128 cm³/mol. The number of carbonyl (C=O) groups is 1. The maximum Gasteiger partial charge on any atom is 0.246 e. The van der Waals surface area contributed by atoms with Gasteiger partial charge in [-0.25, -0.2) is 18.7 Å². The van der Waals surface area contributed by atoms with Crippen LogP contribution in [0.25, 0.3) is 10.9 Å². The summed E-state index contributed by atoms with van der Waals surface area (Å²) in [6.07, 6.45) is 5.29. The molecule has 0 fully saturated rings. The van der Waals surface area contributed by atoms with Crippen molar-refractivity contribution in [3.05, 3.63) is 66.8 Å². The van der Waals surface area contributed by atoms with E-state index >= 15 is 0 Å². The van der Waals surface area contributed by atoms with E-state index in [0.29, 0.717) is 35.3 Å². The van der Waals surface area contributed by atoms with Crippen LogP contribution in [0.3, 0.4) is 0 Å². The van der Waals surface area contributed by atoms with Gasteiger partial charge in [0.15, 0.2) is 11.6 Å². The molecule has 12 heteroatoms. The first-order chi connectivity index (χ1) is 16.0. The van der Waals surface area contributed by atoms with Crippen molar-refractivity contribution in [1.82, 2.24) is 19.7 Å². The molecule has 1 amide bonds. The van der Waals surface area contributed by atoms with Crippen molar-refractivity contribution in [1.29, 1.82) is 0 Å². The number of alkyl halides is 1. The van der Waals surface area contributed by atoms with Gasteiger partial charge >= 0.3 is 0 Å². The van der Waals surface area contributed by atoms with Gasteiger partial charge < -0.3 is 15.4 Å². The Morgan fingerprint density at radius 2 is 2.03 bits per heavy atom. The molecule has 0 radical (unpaired) electrons. The topological polar surface area (TPSA) is 94.0 Å².